The maximum atomic E-state index is 11.7. The maximum Gasteiger partial charge on any atom is 0.282 e. The second-order valence-electron chi connectivity index (χ2n) is 4.14. The summed E-state index contributed by atoms with van der Waals surface area (Å²) in [5, 5.41) is 21.0. The number of carbonyl (C=O) groups excluding carboxylic acids is 2. The fourth-order valence-corrected chi connectivity index (χ4v) is 1.86. The summed E-state index contributed by atoms with van der Waals surface area (Å²) in [6.45, 7) is 0. The minimum Gasteiger partial charge on any atom is -0.493 e. The number of hydrazone groups is 1. The highest BCUT2D eigenvalue weighted by Gasteiger charge is 2.28. The van der Waals surface area contributed by atoms with E-state index < -0.39 is 17.7 Å². The fraction of sp³-hybridized carbons (Fsp3) is 0.0833. The van der Waals surface area contributed by atoms with E-state index >= 15 is 0 Å². The average molecular weight is 271 g/mol. The number of rotatable bonds is 2. The Kier molecular flexibility index (Phi) is 2.75. The molecule has 0 aliphatic carbocycles. The van der Waals surface area contributed by atoms with Gasteiger partial charge in [-0.2, -0.15) is 5.10 Å². The molecule has 3 N–H and O–H groups in total. The van der Waals surface area contributed by atoms with Crippen molar-refractivity contribution in [3.05, 3.63) is 24.3 Å². The number of nitrogens with zero attached hydrogens (tertiary/aromatic N) is 3. The van der Waals surface area contributed by atoms with Crippen molar-refractivity contribution in [1.29, 1.82) is 0 Å². The number of fused-ring (bicyclic) bond motifs is 1. The Bertz CT molecular complexity index is 762. The first-order valence-corrected chi connectivity index (χ1v) is 5.75. The number of hydrogen-bond acceptors (Lipinski definition) is 5. The molecule has 2 amide bonds. The monoisotopic (exact) mass is 271 g/mol. The molecule has 1 aliphatic rings. The Morgan fingerprint density at radius 2 is 2.15 bits per heavy atom. The van der Waals surface area contributed by atoms with E-state index in [-0.39, 0.29) is 11.6 Å². The molecule has 0 saturated carbocycles. The lowest BCUT2D eigenvalue weighted by Crippen LogP contribution is -2.25. The van der Waals surface area contributed by atoms with Crippen molar-refractivity contribution in [2.24, 2.45) is 21.2 Å². The van der Waals surface area contributed by atoms with Gasteiger partial charge < -0.3 is 10.1 Å². The van der Waals surface area contributed by atoms with Crippen LogP contribution in [0.3, 0.4) is 0 Å². The number of aromatic nitrogens is 1. The van der Waals surface area contributed by atoms with Crippen LogP contribution in [0.25, 0.3) is 10.9 Å². The lowest BCUT2D eigenvalue weighted by Gasteiger charge is -1.96. The average Bonchev–Trinajstić information content (AvgIpc) is 2.99. The fourth-order valence-electron chi connectivity index (χ4n) is 1.86. The van der Waals surface area contributed by atoms with Gasteiger partial charge in [-0.15, -0.1) is 10.2 Å². The van der Waals surface area contributed by atoms with Gasteiger partial charge in [0.05, 0.1) is 5.52 Å². The molecule has 1 unspecified atom stereocenters. The van der Waals surface area contributed by atoms with Crippen LogP contribution in [0.4, 0.5) is 5.69 Å². The van der Waals surface area contributed by atoms with Gasteiger partial charge in [-0.25, -0.2) is 5.43 Å². The summed E-state index contributed by atoms with van der Waals surface area (Å²) >= 11 is 0. The molecule has 0 saturated heterocycles. The Balaban J connectivity index is 1.91. The first kappa shape index (κ1) is 12.0. The second-order valence-corrected chi connectivity index (χ2v) is 4.14. The van der Waals surface area contributed by atoms with E-state index in [1.807, 2.05) is 0 Å². The first-order chi connectivity index (χ1) is 9.66. The number of H-pyrrole nitrogens is 1. The SMILES string of the molecule is O=C(N=Nc1c(O)[nH]c2ccccc12)C1C=NNC1=O. The molecule has 0 bridgehead atoms. The lowest BCUT2D eigenvalue weighted by molar-refractivity contribution is -0.129. The maximum absolute atomic E-state index is 11.7. The van der Waals surface area contributed by atoms with Crippen LogP contribution < -0.4 is 5.43 Å². The Morgan fingerprint density at radius 3 is 2.90 bits per heavy atom. The molecule has 8 nitrogen and oxygen atoms in total. The quantitative estimate of drug-likeness (QED) is 0.562. The van der Waals surface area contributed by atoms with E-state index in [9.17, 15) is 14.7 Å². The normalized spacial score (nSPS) is 18.0. The molecule has 0 fully saturated rings. The summed E-state index contributed by atoms with van der Waals surface area (Å²) in [6, 6.07) is 7.05. The van der Waals surface area contributed by atoms with Crippen LogP contribution in [-0.4, -0.2) is 28.1 Å². The van der Waals surface area contributed by atoms with Gasteiger partial charge in [-0.3, -0.25) is 9.59 Å². The molecule has 0 radical (unpaired) electrons. The van der Waals surface area contributed by atoms with Crippen LogP contribution in [0.15, 0.2) is 39.6 Å². The van der Waals surface area contributed by atoms with Gasteiger partial charge in [0, 0.05) is 11.6 Å². The zero-order valence-corrected chi connectivity index (χ0v) is 10.1. The van der Waals surface area contributed by atoms with Crippen molar-refractivity contribution in [1.82, 2.24) is 10.4 Å². The van der Waals surface area contributed by atoms with E-state index in [1.165, 1.54) is 6.21 Å². The van der Waals surface area contributed by atoms with Gasteiger partial charge in [0.15, 0.2) is 11.6 Å². The summed E-state index contributed by atoms with van der Waals surface area (Å²) in [7, 11) is 0. The van der Waals surface area contributed by atoms with E-state index in [1.54, 1.807) is 24.3 Å². The molecule has 2 heterocycles. The number of aromatic amines is 1. The van der Waals surface area contributed by atoms with Crippen molar-refractivity contribution < 1.29 is 14.7 Å². The molecule has 3 rings (SSSR count). The number of benzene rings is 1. The van der Waals surface area contributed by atoms with Crippen molar-refractivity contribution >= 4 is 34.6 Å². The number of aromatic hydroxyl groups is 1. The van der Waals surface area contributed by atoms with Crippen LogP contribution in [0.5, 0.6) is 5.88 Å². The van der Waals surface area contributed by atoms with E-state index in [2.05, 4.69) is 25.7 Å². The van der Waals surface area contributed by atoms with Crippen molar-refractivity contribution in [3.8, 4) is 5.88 Å². The van der Waals surface area contributed by atoms with Gasteiger partial charge in [-0.05, 0) is 6.07 Å². The first-order valence-electron chi connectivity index (χ1n) is 5.75. The number of hydrogen-bond donors (Lipinski definition) is 3. The summed E-state index contributed by atoms with van der Waals surface area (Å²) in [6.07, 6.45) is 1.17. The van der Waals surface area contributed by atoms with Crippen molar-refractivity contribution in [2.75, 3.05) is 0 Å². The molecule has 8 heteroatoms. The number of amides is 2. The minimum atomic E-state index is -1.06. The highest BCUT2D eigenvalue weighted by Crippen LogP contribution is 2.35. The molecule has 100 valence electrons. The molecule has 0 spiro atoms. The van der Waals surface area contributed by atoms with Gasteiger partial charge in [0.25, 0.3) is 11.8 Å². The van der Waals surface area contributed by atoms with E-state index in [0.29, 0.717) is 10.9 Å². The third-order valence-electron chi connectivity index (χ3n) is 2.85. The number of carbonyl (C=O) groups is 2. The standard InChI is InChI=1S/C12H9N5O3/c18-10-7(5-13-16-10)11(19)17-15-9-6-3-1-2-4-8(6)14-12(9)20/h1-5,7,14,20H,(H,16,18). The Hall–Kier alpha value is -3.03. The predicted molar refractivity (Wildman–Crippen MR) is 69.6 cm³/mol. The van der Waals surface area contributed by atoms with Gasteiger partial charge >= 0.3 is 0 Å². The summed E-state index contributed by atoms with van der Waals surface area (Å²) in [4.78, 5) is 25.7. The Morgan fingerprint density at radius 1 is 1.35 bits per heavy atom. The molecular formula is C12H9N5O3. The number of nitrogens with one attached hydrogen (secondary N) is 2. The van der Waals surface area contributed by atoms with Crippen LogP contribution in [-0.2, 0) is 9.59 Å². The van der Waals surface area contributed by atoms with E-state index in [4.69, 9.17) is 0 Å². The number of para-hydroxylation sites is 1. The molecule has 20 heavy (non-hydrogen) atoms. The third-order valence-corrected chi connectivity index (χ3v) is 2.85. The number of azo groups is 1. The minimum absolute atomic E-state index is 0.157. The Labute approximate surface area is 112 Å². The molecular weight excluding hydrogens is 262 g/mol. The molecule has 1 aromatic heterocycles. The molecule has 1 aromatic carbocycles. The zero-order chi connectivity index (χ0) is 14.1. The highest BCUT2D eigenvalue weighted by molar-refractivity contribution is 6.15. The van der Waals surface area contributed by atoms with Crippen LogP contribution in [0, 0.1) is 5.92 Å². The molecule has 2 aromatic rings. The largest absolute Gasteiger partial charge is 0.493 e. The second kappa shape index (κ2) is 4.57. The van der Waals surface area contributed by atoms with Crippen LogP contribution in [0.1, 0.15) is 0 Å². The zero-order valence-electron chi connectivity index (χ0n) is 10.1. The predicted octanol–water partition coefficient (Wildman–Crippen LogP) is 1.22. The van der Waals surface area contributed by atoms with Gasteiger partial charge in [0.2, 0.25) is 5.88 Å². The van der Waals surface area contributed by atoms with Crippen LogP contribution >= 0.6 is 0 Å². The molecule has 1 aliphatic heterocycles. The summed E-state index contributed by atoms with van der Waals surface area (Å²) in [5.74, 6) is -2.54. The van der Waals surface area contributed by atoms with E-state index in [0.717, 1.165) is 0 Å². The third kappa shape index (κ3) is 1.92. The summed E-state index contributed by atoms with van der Waals surface area (Å²) < 4.78 is 0. The molecule has 1 atom stereocenters. The topological polar surface area (TPSA) is 119 Å². The smallest absolute Gasteiger partial charge is 0.282 e. The highest BCUT2D eigenvalue weighted by atomic mass is 16.3. The lowest BCUT2D eigenvalue weighted by atomic mass is 10.1. The van der Waals surface area contributed by atoms with Crippen molar-refractivity contribution in [3.63, 3.8) is 0 Å². The van der Waals surface area contributed by atoms with Crippen molar-refractivity contribution in [2.45, 2.75) is 0 Å². The van der Waals surface area contributed by atoms with Gasteiger partial charge in [0.1, 0.15) is 0 Å². The summed E-state index contributed by atoms with van der Waals surface area (Å²) in [5.41, 5.74) is 2.97. The van der Waals surface area contributed by atoms with Gasteiger partial charge in [-0.1, -0.05) is 18.2 Å². The van der Waals surface area contributed by atoms with Crippen LogP contribution in [0.2, 0.25) is 0 Å².